The number of carboxylic acid groups (broad SMARTS) is 1. The predicted octanol–water partition coefficient (Wildman–Crippen LogP) is -2.32. The third-order valence-electron chi connectivity index (χ3n) is 5.09. The maximum absolute atomic E-state index is 13.1. The number of thioether (sulfide) groups is 2. The van der Waals surface area contributed by atoms with E-state index in [2.05, 4.69) is 20.9 Å². The number of nitrogens with two attached hydrogens (primary N) is 4. The first-order valence-electron chi connectivity index (χ1n) is 11.6. The lowest BCUT2D eigenvalue weighted by Gasteiger charge is -2.25. The van der Waals surface area contributed by atoms with Crippen molar-refractivity contribution in [2.75, 3.05) is 30.6 Å². The van der Waals surface area contributed by atoms with Gasteiger partial charge in [-0.05, 0) is 56.1 Å². The van der Waals surface area contributed by atoms with Crippen LogP contribution in [-0.2, 0) is 24.0 Å². The van der Waals surface area contributed by atoms with Crippen LogP contribution in [0.1, 0.15) is 38.5 Å². The molecule has 12 N–H and O–H groups in total. The van der Waals surface area contributed by atoms with Crippen molar-refractivity contribution in [2.24, 2.45) is 27.9 Å². The van der Waals surface area contributed by atoms with Gasteiger partial charge in [0.1, 0.15) is 18.1 Å². The van der Waals surface area contributed by atoms with Gasteiger partial charge in [0.25, 0.3) is 0 Å². The topological polar surface area (TPSA) is 258 Å². The summed E-state index contributed by atoms with van der Waals surface area (Å²) in [5.41, 5.74) is 21.4. The van der Waals surface area contributed by atoms with Crippen LogP contribution >= 0.6 is 23.5 Å². The second-order valence-electron chi connectivity index (χ2n) is 8.15. The van der Waals surface area contributed by atoms with Crippen LogP contribution in [0.2, 0.25) is 0 Å². The number of carbonyl (C=O) groups excluding carboxylic acids is 4. The maximum atomic E-state index is 13.1. The van der Waals surface area contributed by atoms with E-state index in [0.29, 0.717) is 17.9 Å². The van der Waals surface area contributed by atoms with Gasteiger partial charge in [-0.2, -0.15) is 23.5 Å². The lowest BCUT2D eigenvalue weighted by atomic mass is 10.1. The maximum Gasteiger partial charge on any atom is 0.326 e. The average Bonchev–Trinajstić information content (AvgIpc) is 2.83. The summed E-state index contributed by atoms with van der Waals surface area (Å²) >= 11 is 2.91. The normalized spacial score (nSPS) is 13.9. The fourth-order valence-corrected chi connectivity index (χ4v) is 3.97. The molecule has 0 bridgehead atoms. The van der Waals surface area contributed by atoms with Crippen LogP contribution in [0.5, 0.6) is 0 Å². The molecule has 37 heavy (non-hydrogen) atoms. The van der Waals surface area contributed by atoms with Gasteiger partial charge in [-0.1, -0.05) is 0 Å². The number of carboxylic acids is 1. The Balaban J connectivity index is 5.38. The van der Waals surface area contributed by atoms with E-state index in [-0.39, 0.29) is 44.6 Å². The van der Waals surface area contributed by atoms with Crippen molar-refractivity contribution in [3.63, 3.8) is 0 Å². The van der Waals surface area contributed by atoms with Crippen LogP contribution in [0.4, 0.5) is 0 Å². The Kier molecular flexibility index (Phi) is 18.0. The number of primary amides is 1. The molecule has 0 aromatic carbocycles. The molecule has 0 fully saturated rings. The summed E-state index contributed by atoms with van der Waals surface area (Å²) in [5, 5.41) is 17.2. The van der Waals surface area contributed by atoms with Crippen LogP contribution in [0.25, 0.3) is 0 Å². The molecule has 0 saturated carbocycles. The van der Waals surface area contributed by atoms with Gasteiger partial charge in [0.2, 0.25) is 23.6 Å². The van der Waals surface area contributed by atoms with Crippen LogP contribution in [0.3, 0.4) is 0 Å². The second kappa shape index (κ2) is 19.4. The number of nitrogens with zero attached hydrogens (tertiary/aromatic N) is 1. The van der Waals surface area contributed by atoms with E-state index in [4.69, 9.17) is 22.9 Å². The van der Waals surface area contributed by atoms with Crippen molar-refractivity contribution in [3.05, 3.63) is 0 Å². The lowest BCUT2D eigenvalue weighted by molar-refractivity contribution is -0.142. The lowest BCUT2D eigenvalue weighted by Crippen LogP contribution is -2.57. The average molecular weight is 565 g/mol. The molecule has 0 aliphatic carbocycles. The Bertz CT molecular complexity index is 797. The largest absolute Gasteiger partial charge is 0.480 e. The zero-order chi connectivity index (χ0) is 28.4. The van der Waals surface area contributed by atoms with Crippen LogP contribution in [0.15, 0.2) is 4.99 Å². The molecule has 0 rings (SSSR count). The number of aliphatic carboxylic acids is 1. The van der Waals surface area contributed by atoms with E-state index >= 15 is 0 Å². The van der Waals surface area contributed by atoms with Crippen molar-refractivity contribution in [2.45, 2.75) is 62.7 Å². The zero-order valence-electron chi connectivity index (χ0n) is 21.2. The van der Waals surface area contributed by atoms with Crippen molar-refractivity contribution in [1.82, 2.24) is 16.0 Å². The monoisotopic (exact) mass is 564 g/mol. The van der Waals surface area contributed by atoms with E-state index in [1.165, 1.54) is 23.5 Å². The van der Waals surface area contributed by atoms with Gasteiger partial charge in [0.05, 0.1) is 6.04 Å². The Labute approximate surface area is 225 Å². The van der Waals surface area contributed by atoms with Gasteiger partial charge in [0, 0.05) is 13.0 Å². The molecule has 4 atom stereocenters. The van der Waals surface area contributed by atoms with Gasteiger partial charge >= 0.3 is 5.97 Å². The summed E-state index contributed by atoms with van der Waals surface area (Å²) in [6, 6.07) is -4.26. The van der Waals surface area contributed by atoms with E-state index in [0.717, 1.165) is 0 Å². The molecule has 212 valence electrons. The Morgan fingerprint density at radius 2 is 1.27 bits per heavy atom. The Morgan fingerprint density at radius 3 is 1.70 bits per heavy atom. The van der Waals surface area contributed by atoms with Crippen molar-refractivity contribution < 1.29 is 29.1 Å². The minimum absolute atomic E-state index is 0.0244. The van der Waals surface area contributed by atoms with Gasteiger partial charge < -0.3 is 44.0 Å². The number of guanidine groups is 1. The van der Waals surface area contributed by atoms with Gasteiger partial charge in [-0.3, -0.25) is 24.2 Å². The fraction of sp³-hybridized carbons (Fsp3) is 0.714. The molecule has 0 aromatic heterocycles. The predicted molar refractivity (Wildman–Crippen MR) is 146 cm³/mol. The molecule has 16 heteroatoms. The minimum Gasteiger partial charge on any atom is -0.480 e. The molecular formula is C21H40N8O6S2. The highest BCUT2D eigenvalue weighted by molar-refractivity contribution is 7.98. The third-order valence-corrected chi connectivity index (χ3v) is 6.37. The number of carbonyl (C=O) groups is 5. The Morgan fingerprint density at radius 1 is 0.784 bits per heavy atom. The van der Waals surface area contributed by atoms with Crippen LogP contribution < -0.4 is 38.9 Å². The van der Waals surface area contributed by atoms with Gasteiger partial charge in [-0.25, -0.2) is 4.79 Å². The number of amides is 4. The van der Waals surface area contributed by atoms with E-state index < -0.39 is 53.8 Å². The molecule has 14 nitrogen and oxygen atoms in total. The molecule has 0 aliphatic heterocycles. The first-order valence-corrected chi connectivity index (χ1v) is 14.4. The van der Waals surface area contributed by atoms with Crippen LogP contribution in [0, 0.1) is 0 Å². The number of nitrogens with one attached hydrogen (secondary N) is 3. The molecule has 0 saturated heterocycles. The summed E-state index contributed by atoms with van der Waals surface area (Å²) < 4.78 is 0. The second-order valence-corrected chi connectivity index (χ2v) is 10.1. The SMILES string of the molecule is CSCCC(NC(=O)C(N)CCC(N)=O)C(=O)NC(CCSC)C(=O)NC(CCCN=C(N)N)C(=O)O. The summed E-state index contributed by atoms with van der Waals surface area (Å²) in [5.74, 6) is -2.79. The highest BCUT2D eigenvalue weighted by Crippen LogP contribution is 2.07. The summed E-state index contributed by atoms with van der Waals surface area (Å²) in [4.78, 5) is 64.9. The third kappa shape index (κ3) is 15.9. The zero-order valence-corrected chi connectivity index (χ0v) is 22.9. The van der Waals surface area contributed by atoms with Gasteiger partial charge in [-0.15, -0.1) is 0 Å². The molecule has 4 amide bonds. The number of aliphatic imine (C=N–C) groups is 1. The molecule has 0 aliphatic rings. The molecule has 0 aromatic rings. The number of hydrogen-bond acceptors (Lipinski definition) is 9. The Hall–Kier alpha value is -2.72. The molecule has 0 radical (unpaired) electrons. The number of hydrogen-bond donors (Lipinski definition) is 8. The molecule has 0 heterocycles. The van der Waals surface area contributed by atoms with E-state index in [1.807, 2.05) is 12.5 Å². The standard InChI is InChI=1S/C21H40N8O6S2/c1-36-10-7-13(27-17(31)12(22)5-6-16(23)30)18(32)28-14(8-11-37-2)19(33)29-15(20(34)35)4-3-9-26-21(24)25/h12-15H,3-11,22H2,1-2H3,(H2,23,30)(H,27,31)(H,28,32)(H,29,33)(H,34,35)(H4,24,25,26). The summed E-state index contributed by atoms with van der Waals surface area (Å²) in [7, 11) is 0. The summed E-state index contributed by atoms with van der Waals surface area (Å²) in [6.07, 6.45) is 4.51. The quantitative estimate of drug-likeness (QED) is 0.0442. The van der Waals surface area contributed by atoms with Crippen LogP contribution in [-0.4, -0.2) is 95.4 Å². The van der Waals surface area contributed by atoms with Crippen molar-refractivity contribution >= 4 is 59.1 Å². The van der Waals surface area contributed by atoms with Gasteiger partial charge in [0.15, 0.2) is 5.96 Å². The number of rotatable bonds is 20. The molecule has 0 spiro atoms. The van der Waals surface area contributed by atoms with Crippen molar-refractivity contribution in [1.29, 1.82) is 0 Å². The first kappa shape index (κ1) is 34.3. The van der Waals surface area contributed by atoms with E-state index in [9.17, 15) is 29.1 Å². The van der Waals surface area contributed by atoms with Crippen molar-refractivity contribution in [3.8, 4) is 0 Å². The fourth-order valence-electron chi connectivity index (χ4n) is 3.02. The molecular weight excluding hydrogens is 524 g/mol. The molecule has 4 unspecified atom stereocenters. The highest BCUT2D eigenvalue weighted by atomic mass is 32.2. The minimum atomic E-state index is -1.23. The highest BCUT2D eigenvalue weighted by Gasteiger charge is 2.30. The summed E-state index contributed by atoms with van der Waals surface area (Å²) in [6.45, 7) is 0.201. The van der Waals surface area contributed by atoms with E-state index in [1.54, 1.807) is 0 Å². The first-order chi connectivity index (χ1) is 17.4. The smallest absolute Gasteiger partial charge is 0.326 e.